The quantitative estimate of drug-likeness (QED) is 0.704. The summed E-state index contributed by atoms with van der Waals surface area (Å²) in [6.45, 7) is 3.89. The molecule has 1 aliphatic rings. The average molecular weight is 186 g/mol. The number of aryl methyl sites for hydroxylation is 1. The van der Waals surface area contributed by atoms with Gasteiger partial charge in [0.05, 0.1) is 12.2 Å². The first-order valence-electron chi connectivity index (χ1n) is 4.84. The molecule has 0 unspecified atom stereocenters. The van der Waals surface area contributed by atoms with E-state index < -0.39 is 0 Å². The third-order valence-electron chi connectivity index (χ3n) is 2.20. The predicted octanol–water partition coefficient (Wildman–Crippen LogP) is 2.28. The molecule has 0 aromatic carbocycles. The van der Waals surface area contributed by atoms with Crippen LogP contribution in [0.2, 0.25) is 0 Å². The topological polar surface area (TPSA) is 16.1 Å². The van der Waals surface area contributed by atoms with Crippen LogP contribution in [-0.4, -0.2) is 16.4 Å². The number of rotatable bonds is 2. The summed E-state index contributed by atoms with van der Waals surface area (Å²) in [4.78, 5) is 6.71. The minimum Gasteiger partial charge on any atom is -0.368 e. The Balaban J connectivity index is 2.04. The Hall–Kier alpha value is -1.57. The van der Waals surface area contributed by atoms with Gasteiger partial charge in [-0.2, -0.15) is 0 Å². The first-order chi connectivity index (χ1) is 6.84. The summed E-state index contributed by atoms with van der Waals surface area (Å²) in [5.41, 5.74) is 2.21. The van der Waals surface area contributed by atoms with Crippen molar-refractivity contribution in [1.82, 2.24) is 9.88 Å². The van der Waals surface area contributed by atoms with Crippen LogP contribution in [0.3, 0.4) is 0 Å². The van der Waals surface area contributed by atoms with Crippen molar-refractivity contribution < 1.29 is 0 Å². The second-order valence-electron chi connectivity index (χ2n) is 3.47. The Morgan fingerprint density at radius 1 is 1.36 bits per heavy atom. The molecular formula is C12H14N2. The molecule has 0 amide bonds. The molecule has 2 nitrogen and oxygen atoms in total. The molecule has 0 saturated carbocycles. The summed E-state index contributed by atoms with van der Waals surface area (Å²) in [7, 11) is 0. The van der Waals surface area contributed by atoms with Crippen molar-refractivity contribution in [3.05, 3.63) is 54.0 Å². The lowest BCUT2D eigenvalue weighted by atomic mass is 10.3. The monoisotopic (exact) mass is 186 g/mol. The number of hydrogen-bond acceptors (Lipinski definition) is 2. The fraction of sp³-hybridized carbons (Fsp3) is 0.250. The van der Waals surface area contributed by atoms with Gasteiger partial charge in [0.1, 0.15) is 0 Å². The van der Waals surface area contributed by atoms with Gasteiger partial charge in [0.2, 0.25) is 0 Å². The standard InChI is InChI=1S/C12H14N2/c1-11-6-5-7-12(13-11)10-14-8-3-2-4-9-14/h2-8H,9-10H2,1H3. The van der Waals surface area contributed by atoms with Crippen LogP contribution in [0, 0.1) is 6.92 Å². The molecule has 0 bridgehead atoms. The fourth-order valence-electron chi connectivity index (χ4n) is 1.52. The number of pyridine rings is 1. The molecule has 0 radical (unpaired) electrons. The lowest BCUT2D eigenvalue weighted by Gasteiger charge is -2.19. The van der Waals surface area contributed by atoms with Crippen molar-refractivity contribution in [3.8, 4) is 0 Å². The lowest BCUT2D eigenvalue weighted by Crippen LogP contribution is -2.18. The molecular weight excluding hydrogens is 172 g/mol. The molecule has 1 aliphatic heterocycles. The maximum atomic E-state index is 4.47. The molecule has 0 spiro atoms. The second kappa shape index (κ2) is 4.09. The van der Waals surface area contributed by atoms with Crippen molar-refractivity contribution >= 4 is 0 Å². The van der Waals surface area contributed by atoms with Gasteiger partial charge in [-0.05, 0) is 31.3 Å². The van der Waals surface area contributed by atoms with Gasteiger partial charge < -0.3 is 4.90 Å². The summed E-state index contributed by atoms with van der Waals surface area (Å²) in [5.74, 6) is 0. The normalized spacial score (nSPS) is 14.8. The molecule has 2 rings (SSSR count). The van der Waals surface area contributed by atoms with Gasteiger partial charge in [-0.15, -0.1) is 0 Å². The zero-order chi connectivity index (χ0) is 9.80. The van der Waals surface area contributed by atoms with Gasteiger partial charge in [0.15, 0.2) is 0 Å². The molecule has 0 atom stereocenters. The Morgan fingerprint density at radius 3 is 3.00 bits per heavy atom. The second-order valence-corrected chi connectivity index (χ2v) is 3.47. The number of allylic oxidation sites excluding steroid dienone is 2. The van der Waals surface area contributed by atoms with Crippen LogP contribution < -0.4 is 0 Å². The van der Waals surface area contributed by atoms with E-state index in [0.29, 0.717) is 0 Å². The van der Waals surface area contributed by atoms with Crippen molar-refractivity contribution in [2.75, 3.05) is 6.54 Å². The van der Waals surface area contributed by atoms with Crippen LogP contribution in [0.15, 0.2) is 42.6 Å². The van der Waals surface area contributed by atoms with Gasteiger partial charge in [-0.25, -0.2) is 0 Å². The number of nitrogens with zero attached hydrogens (tertiary/aromatic N) is 2. The molecule has 1 aromatic heterocycles. The van der Waals surface area contributed by atoms with E-state index in [0.717, 1.165) is 24.5 Å². The molecule has 0 aliphatic carbocycles. The first kappa shape index (κ1) is 9.00. The van der Waals surface area contributed by atoms with E-state index in [9.17, 15) is 0 Å². The van der Waals surface area contributed by atoms with Gasteiger partial charge >= 0.3 is 0 Å². The van der Waals surface area contributed by atoms with E-state index in [1.165, 1.54) is 0 Å². The maximum Gasteiger partial charge on any atom is 0.0600 e. The van der Waals surface area contributed by atoms with Crippen molar-refractivity contribution in [2.24, 2.45) is 0 Å². The van der Waals surface area contributed by atoms with E-state index in [2.05, 4.69) is 46.4 Å². The maximum absolute atomic E-state index is 4.47. The van der Waals surface area contributed by atoms with Crippen LogP contribution in [0.1, 0.15) is 11.4 Å². The summed E-state index contributed by atoms with van der Waals surface area (Å²) in [5, 5.41) is 0. The summed E-state index contributed by atoms with van der Waals surface area (Å²) in [6.07, 6.45) is 8.37. The third-order valence-corrected chi connectivity index (χ3v) is 2.20. The van der Waals surface area contributed by atoms with E-state index in [1.807, 2.05) is 13.0 Å². The minimum absolute atomic E-state index is 0.891. The Kier molecular flexibility index (Phi) is 2.63. The molecule has 2 heterocycles. The molecule has 0 N–H and O–H groups in total. The minimum atomic E-state index is 0.891. The summed E-state index contributed by atoms with van der Waals surface area (Å²) in [6, 6.07) is 6.15. The number of aromatic nitrogens is 1. The smallest absolute Gasteiger partial charge is 0.0600 e. The van der Waals surface area contributed by atoms with Crippen LogP contribution >= 0.6 is 0 Å². The predicted molar refractivity (Wildman–Crippen MR) is 57.7 cm³/mol. The first-order valence-corrected chi connectivity index (χ1v) is 4.84. The Morgan fingerprint density at radius 2 is 2.29 bits per heavy atom. The highest BCUT2D eigenvalue weighted by Crippen LogP contribution is 2.06. The zero-order valence-corrected chi connectivity index (χ0v) is 8.35. The SMILES string of the molecule is Cc1cccc(CN2C=CC=CC2)n1. The highest BCUT2D eigenvalue weighted by molar-refractivity contribution is 5.13. The zero-order valence-electron chi connectivity index (χ0n) is 8.35. The molecule has 14 heavy (non-hydrogen) atoms. The van der Waals surface area contributed by atoms with E-state index in [1.54, 1.807) is 0 Å². The molecule has 0 fully saturated rings. The summed E-state index contributed by atoms with van der Waals surface area (Å²) < 4.78 is 0. The lowest BCUT2D eigenvalue weighted by molar-refractivity contribution is 0.399. The molecule has 72 valence electrons. The van der Waals surface area contributed by atoms with E-state index in [-0.39, 0.29) is 0 Å². The summed E-state index contributed by atoms with van der Waals surface area (Å²) >= 11 is 0. The molecule has 0 saturated heterocycles. The highest BCUT2D eigenvalue weighted by Gasteiger charge is 2.01. The fourth-order valence-corrected chi connectivity index (χ4v) is 1.52. The van der Waals surface area contributed by atoms with Crippen molar-refractivity contribution in [1.29, 1.82) is 0 Å². The van der Waals surface area contributed by atoms with Crippen molar-refractivity contribution in [2.45, 2.75) is 13.5 Å². The van der Waals surface area contributed by atoms with Crippen LogP contribution in [0.25, 0.3) is 0 Å². The van der Waals surface area contributed by atoms with Gasteiger partial charge in [-0.1, -0.05) is 18.2 Å². The van der Waals surface area contributed by atoms with Crippen LogP contribution in [0.4, 0.5) is 0 Å². The van der Waals surface area contributed by atoms with Crippen molar-refractivity contribution in [3.63, 3.8) is 0 Å². The largest absolute Gasteiger partial charge is 0.368 e. The number of hydrogen-bond donors (Lipinski definition) is 0. The van der Waals surface area contributed by atoms with Crippen LogP contribution in [-0.2, 0) is 6.54 Å². The van der Waals surface area contributed by atoms with E-state index >= 15 is 0 Å². The highest BCUT2D eigenvalue weighted by atomic mass is 15.1. The van der Waals surface area contributed by atoms with Gasteiger partial charge in [-0.3, -0.25) is 4.98 Å². The van der Waals surface area contributed by atoms with Crippen LogP contribution in [0.5, 0.6) is 0 Å². The molecule has 2 heteroatoms. The van der Waals surface area contributed by atoms with E-state index in [4.69, 9.17) is 0 Å². The van der Waals surface area contributed by atoms with Gasteiger partial charge in [0.25, 0.3) is 0 Å². The third kappa shape index (κ3) is 2.22. The Bertz CT molecular complexity index is 366. The van der Waals surface area contributed by atoms with Gasteiger partial charge in [0, 0.05) is 12.2 Å². The Labute approximate surface area is 84.6 Å². The molecule has 1 aromatic rings. The average Bonchev–Trinajstić information content (AvgIpc) is 2.19.